The number of hydrogen-bond donors (Lipinski definition) is 1. The third-order valence-electron chi connectivity index (χ3n) is 4.75. The van der Waals surface area contributed by atoms with E-state index in [-0.39, 0.29) is 11.1 Å². The Morgan fingerprint density at radius 3 is 2.48 bits per heavy atom. The second-order valence-corrected chi connectivity index (χ2v) is 7.99. The molecule has 3 aromatic rings. The molecule has 0 saturated carbocycles. The maximum atomic E-state index is 11.9. The number of para-hydroxylation sites is 1. The number of nitrogens with zero attached hydrogens (tertiary/aromatic N) is 1. The minimum Gasteiger partial charge on any atom is -0.342 e. The van der Waals surface area contributed by atoms with Crippen LogP contribution < -0.4 is 5.32 Å². The zero-order chi connectivity index (χ0) is 19.0. The SMILES string of the molecule is CC(C)c1ccc(Cn2cc(/C=C3\SC(=O)NC3=O)c3ccccc32)cc1. The molecule has 0 radical (unpaired) electrons. The summed E-state index contributed by atoms with van der Waals surface area (Å²) < 4.78 is 2.19. The molecular weight excluding hydrogens is 356 g/mol. The van der Waals surface area contributed by atoms with Crippen LogP contribution in [0.2, 0.25) is 0 Å². The summed E-state index contributed by atoms with van der Waals surface area (Å²) in [7, 11) is 0. The first-order valence-corrected chi connectivity index (χ1v) is 9.74. The van der Waals surface area contributed by atoms with Crippen molar-refractivity contribution >= 4 is 39.9 Å². The normalized spacial score (nSPS) is 15.9. The molecule has 2 amide bonds. The van der Waals surface area contributed by atoms with E-state index in [0.29, 0.717) is 10.8 Å². The van der Waals surface area contributed by atoms with E-state index in [1.807, 2.05) is 24.4 Å². The van der Waals surface area contributed by atoms with Gasteiger partial charge in [-0.3, -0.25) is 14.9 Å². The van der Waals surface area contributed by atoms with Crippen LogP contribution in [0, 0.1) is 0 Å². The van der Waals surface area contributed by atoms with Gasteiger partial charge in [0.1, 0.15) is 0 Å². The molecule has 2 heterocycles. The lowest BCUT2D eigenvalue weighted by atomic mass is 10.0. The molecule has 1 aromatic heterocycles. The molecule has 2 aromatic carbocycles. The Morgan fingerprint density at radius 2 is 1.81 bits per heavy atom. The van der Waals surface area contributed by atoms with Gasteiger partial charge in [0.25, 0.3) is 11.1 Å². The zero-order valence-electron chi connectivity index (χ0n) is 15.2. The number of amides is 2. The van der Waals surface area contributed by atoms with Gasteiger partial charge in [-0.05, 0) is 40.9 Å². The molecule has 0 spiro atoms. The summed E-state index contributed by atoms with van der Waals surface area (Å²) in [4.78, 5) is 23.7. The number of carbonyl (C=O) groups is 2. The highest BCUT2D eigenvalue weighted by atomic mass is 32.2. The highest BCUT2D eigenvalue weighted by Gasteiger charge is 2.25. The summed E-state index contributed by atoms with van der Waals surface area (Å²) in [6.07, 6.45) is 3.84. The Hall–Kier alpha value is -2.79. The van der Waals surface area contributed by atoms with Crippen LogP contribution in [0.5, 0.6) is 0 Å². The molecule has 1 aliphatic heterocycles. The number of thioether (sulfide) groups is 1. The average Bonchev–Trinajstić information content (AvgIpc) is 3.15. The van der Waals surface area contributed by atoms with E-state index < -0.39 is 0 Å². The maximum absolute atomic E-state index is 11.9. The lowest BCUT2D eigenvalue weighted by Gasteiger charge is -2.09. The number of fused-ring (bicyclic) bond motifs is 1. The van der Waals surface area contributed by atoms with E-state index in [2.05, 4.69) is 54.1 Å². The molecule has 136 valence electrons. The molecule has 1 N–H and O–H groups in total. The lowest BCUT2D eigenvalue weighted by molar-refractivity contribution is -0.115. The highest BCUT2D eigenvalue weighted by molar-refractivity contribution is 8.18. The number of rotatable bonds is 4. The highest BCUT2D eigenvalue weighted by Crippen LogP contribution is 2.30. The van der Waals surface area contributed by atoms with Gasteiger partial charge in [-0.1, -0.05) is 56.3 Å². The topological polar surface area (TPSA) is 51.1 Å². The van der Waals surface area contributed by atoms with Crippen molar-refractivity contribution in [1.82, 2.24) is 9.88 Å². The van der Waals surface area contributed by atoms with Gasteiger partial charge in [0, 0.05) is 29.2 Å². The predicted octanol–water partition coefficient (Wildman–Crippen LogP) is 5.14. The van der Waals surface area contributed by atoms with Crippen LogP contribution in [0.1, 0.15) is 36.5 Å². The minimum absolute atomic E-state index is 0.319. The quantitative estimate of drug-likeness (QED) is 0.642. The van der Waals surface area contributed by atoms with Crippen LogP contribution >= 0.6 is 11.8 Å². The second kappa shape index (κ2) is 7.08. The van der Waals surface area contributed by atoms with Crippen LogP contribution in [0.15, 0.2) is 59.6 Å². The Balaban J connectivity index is 1.71. The minimum atomic E-state index is -0.328. The van der Waals surface area contributed by atoms with Crippen molar-refractivity contribution in [2.24, 2.45) is 0 Å². The molecule has 27 heavy (non-hydrogen) atoms. The summed E-state index contributed by atoms with van der Waals surface area (Å²) in [5.74, 6) is 0.188. The van der Waals surface area contributed by atoms with Gasteiger partial charge >= 0.3 is 0 Å². The first kappa shape index (κ1) is 17.6. The van der Waals surface area contributed by atoms with Crippen LogP contribution in [-0.2, 0) is 11.3 Å². The van der Waals surface area contributed by atoms with E-state index >= 15 is 0 Å². The summed E-state index contributed by atoms with van der Waals surface area (Å²) in [5, 5.41) is 3.05. The van der Waals surface area contributed by atoms with Gasteiger partial charge in [0.15, 0.2) is 0 Å². The number of aromatic nitrogens is 1. The monoisotopic (exact) mass is 376 g/mol. The third-order valence-corrected chi connectivity index (χ3v) is 5.56. The molecule has 1 saturated heterocycles. The molecular formula is C22H20N2O2S. The van der Waals surface area contributed by atoms with Crippen LogP contribution in [0.3, 0.4) is 0 Å². The molecule has 4 nitrogen and oxygen atoms in total. The van der Waals surface area contributed by atoms with Gasteiger partial charge in [0.05, 0.1) is 4.91 Å². The molecule has 0 atom stereocenters. The maximum Gasteiger partial charge on any atom is 0.290 e. The van der Waals surface area contributed by atoms with Crippen molar-refractivity contribution in [1.29, 1.82) is 0 Å². The third kappa shape index (κ3) is 3.55. The fourth-order valence-electron chi connectivity index (χ4n) is 3.29. The van der Waals surface area contributed by atoms with Crippen molar-refractivity contribution < 1.29 is 9.59 Å². The van der Waals surface area contributed by atoms with Crippen molar-refractivity contribution in [3.05, 3.63) is 76.3 Å². The second-order valence-electron chi connectivity index (χ2n) is 6.98. The van der Waals surface area contributed by atoms with Gasteiger partial charge in [-0.2, -0.15) is 0 Å². The largest absolute Gasteiger partial charge is 0.342 e. The first-order valence-electron chi connectivity index (χ1n) is 8.93. The van der Waals surface area contributed by atoms with Gasteiger partial charge < -0.3 is 4.57 Å². The summed E-state index contributed by atoms with van der Waals surface area (Å²) in [6, 6.07) is 16.8. The van der Waals surface area contributed by atoms with E-state index in [0.717, 1.165) is 34.8 Å². The summed E-state index contributed by atoms with van der Waals surface area (Å²) >= 11 is 0.947. The van der Waals surface area contributed by atoms with Crippen LogP contribution in [-0.4, -0.2) is 15.7 Å². The van der Waals surface area contributed by atoms with Crippen molar-refractivity contribution in [3.63, 3.8) is 0 Å². The summed E-state index contributed by atoms with van der Waals surface area (Å²) in [5.41, 5.74) is 4.60. The Bertz CT molecular complexity index is 1060. The number of hydrogen-bond acceptors (Lipinski definition) is 3. The van der Waals surface area contributed by atoms with Crippen molar-refractivity contribution in [2.75, 3.05) is 0 Å². The van der Waals surface area contributed by atoms with Crippen molar-refractivity contribution in [2.45, 2.75) is 26.3 Å². The van der Waals surface area contributed by atoms with E-state index in [9.17, 15) is 9.59 Å². The number of benzene rings is 2. The van der Waals surface area contributed by atoms with E-state index in [4.69, 9.17) is 0 Å². The van der Waals surface area contributed by atoms with E-state index in [1.165, 1.54) is 11.1 Å². The molecule has 4 rings (SSSR count). The molecule has 5 heteroatoms. The smallest absolute Gasteiger partial charge is 0.290 e. The predicted molar refractivity (Wildman–Crippen MR) is 111 cm³/mol. The molecule has 0 unspecified atom stereocenters. The zero-order valence-corrected chi connectivity index (χ0v) is 16.0. The van der Waals surface area contributed by atoms with E-state index in [1.54, 1.807) is 6.08 Å². The van der Waals surface area contributed by atoms with Crippen molar-refractivity contribution in [3.8, 4) is 0 Å². The molecule has 1 aliphatic rings. The van der Waals surface area contributed by atoms with Crippen LogP contribution in [0.4, 0.5) is 4.79 Å². The van der Waals surface area contributed by atoms with Crippen LogP contribution in [0.25, 0.3) is 17.0 Å². The number of carbonyl (C=O) groups excluding carboxylic acids is 2. The molecule has 0 bridgehead atoms. The fourth-order valence-corrected chi connectivity index (χ4v) is 3.96. The summed E-state index contributed by atoms with van der Waals surface area (Å²) in [6.45, 7) is 5.13. The molecule has 0 aliphatic carbocycles. The van der Waals surface area contributed by atoms with Gasteiger partial charge in [-0.15, -0.1) is 0 Å². The van der Waals surface area contributed by atoms with Gasteiger partial charge in [0.2, 0.25) is 0 Å². The molecule has 1 fully saturated rings. The fraction of sp³-hybridized carbons (Fsp3) is 0.182. The average molecular weight is 376 g/mol. The Labute approximate surface area is 162 Å². The Morgan fingerprint density at radius 1 is 1.07 bits per heavy atom. The number of nitrogens with one attached hydrogen (secondary N) is 1. The number of imide groups is 1. The van der Waals surface area contributed by atoms with Gasteiger partial charge in [-0.25, -0.2) is 0 Å². The first-order chi connectivity index (χ1) is 13.0. The Kier molecular flexibility index (Phi) is 4.62. The lowest BCUT2D eigenvalue weighted by Crippen LogP contribution is -2.17. The standard InChI is InChI=1S/C22H20N2O2S/c1-14(2)16-9-7-15(8-10-16)12-24-13-17(18-5-3-4-6-19(18)24)11-20-21(25)23-22(26)27-20/h3-11,13-14H,12H2,1-2H3,(H,23,25,26)/b20-11-.